The van der Waals surface area contributed by atoms with Crippen molar-refractivity contribution >= 4 is 11.8 Å². The number of cyclic esters (lactones) is 1. The molecule has 4 aliphatic rings. The van der Waals surface area contributed by atoms with Crippen molar-refractivity contribution in [2.24, 2.45) is 11.8 Å². The van der Waals surface area contributed by atoms with Crippen molar-refractivity contribution in [2.75, 3.05) is 24.7 Å². The zero-order chi connectivity index (χ0) is 15.0. The van der Waals surface area contributed by atoms with Crippen LogP contribution in [-0.4, -0.2) is 43.2 Å². The first kappa shape index (κ1) is 12.8. The maximum absolute atomic E-state index is 14.5. The first-order valence-electron chi connectivity index (χ1n) is 7.70. The Morgan fingerprint density at radius 2 is 2.09 bits per heavy atom. The van der Waals surface area contributed by atoms with E-state index in [1.165, 1.54) is 11.0 Å². The van der Waals surface area contributed by atoms with E-state index in [2.05, 4.69) is 0 Å². The van der Waals surface area contributed by atoms with Gasteiger partial charge in [0.2, 0.25) is 0 Å². The molecule has 0 bridgehead atoms. The van der Waals surface area contributed by atoms with Crippen LogP contribution in [0.5, 0.6) is 0 Å². The first-order valence-corrected chi connectivity index (χ1v) is 7.70. The SMILES string of the molecule is O=C1O[C@@H](CO)[C@@H]2Cc3cc(C4C5COCC54)c(F)cc3N12. The number of hydrogen-bond acceptors (Lipinski definition) is 4. The maximum Gasteiger partial charge on any atom is 0.415 e. The first-order chi connectivity index (χ1) is 10.7. The van der Waals surface area contributed by atoms with Gasteiger partial charge in [-0.1, -0.05) is 6.07 Å². The van der Waals surface area contributed by atoms with Crippen LogP contribution in [0.4, 0.5) is 14.9 Å². The second-order valence-electron chi connectivity index (χ2n) is 6.64. The average molecular weight is 305 g/mol. The Balaban J connectivity index is 1.52. The molecule has 3 fully saturated rings. The Kier molecular flexibility index (Phi) is 2.45. The van der Waals surface area contributed by atoms with Gasteiger partial charge in [-0.3, -0.25) is 4.90 Å². The highest BCUT2D eigenvalue weighted by Gasteiger charge is 2.56. The van der Waals surface area contributed by atoms with E-state index in [4.69, 9.17) is 9.47 Å². The third-order valence-electron chi connectivity index (χ3n) is 5.59. The number of halogens is 1. The zero-order valence-electron chi connectivity index (χ0n) is 11.9. The molecule has 3 heterocycles. The molecule has 2 unspecified atom stereocenters. The summed E-state index contributed by atoms with van der Waals surface area (Å²) < 4.78 is 25.0. The van der Waals surface area contributed by atoms with Gasteiger partial charge in [-0.2, -0.15) is 0 Å². The lowest BCUT2D eigenvalue weighted by Crippen LogP contribution is -2.34. The molecule has 0 radical (unpaired) electrons. The highest BCUT2D eigenvalue weighted by molar-refractivity contribution is 5.93. The Bertz CT molecular complexity index is 668. The van der Waals surface area contributed by atoms with Crippen molar-refractivity contribution in [1.82, 2.24) is 0 Å². The molecule has 1 aliphatic carbocycles. The van der Waals surface area contributed by atoms with Gasteiger partial charge < -0.3 is 14.6 Å². The van der Waals surface area contributed by atoms with Crippen LogP contribution in [0.1, 0.15) is 17.0 Å². The molecule has 1 N–H and O–H groups in total. The maximum atomic E-state index is 14.5. The third-order valence-corrected chi connectivity index (χ3v) is 5.59. The standard InChI is InChI=1S/C16H16FNO4/c17-11-3-12-7(1-8(11)15-9-5-21-6-10(9)15)2-13-14(4-19)22-16(20)18(12)13/h1,3,9-10,13-15,19H,2,4-6H2/t9?,10?,13-,14-,15?/m0/s1. The number of carbonyl (C=O) groups is 1. The number of amides is 1. The van der Waals surface area contributed by atoms with Gasteiger partial charge >= 0.3 is 6.09 Å². The van der Waals surface area contributed by atoms with Crippen LogP contribution in [0.15, 0.2) is 12.1 Å². The largest absolute Gasteiger partial charge is 0.441 e. The molecule has 1 aromatic carbocycles. The number of ether oxygens (including phenoxy) is 2. The minimum atomic E-state index is -0.528. The highest BCUT2D eigenvalue weighted by Crippen LogP contribution is 2.58. The minimum Gasteiger partial charge on any atom is -0.441 e. The van der Waals surface area contributed by atoms with Gasteiger partial charge in [0.05, 0.1) is 31.5 Å². The summed E-state index contributed by atoms with van der Waals surface area (Å²) >= 11 is 0. The summed E-state index contributed by atoms with van der Waals surface area (Å²) in [6.07, 6.45) is -0.412. The quantitative estimate of drug-likeness (QED) is 0.898. The Hall–Kier alpha value is -1.66. The summed E-state index contributed by atoms with van der Waals surface area (Å²) in [4.78, 5) is 13.4. The van der Waals surface area contributed by atoms with E-state index in [0.29, 0.717) is 23.9 Å². The molecular formula is C16H16FNO4. The van der Waals surface area contributed by atoms with Crippen LogP contribution >= 0.6 is 0 Å². The van der Waals surface area contributed by atoms with Gasteiger partial charge in [0.25, 0.3) is 0 Å². The van der Waals surface area contributed by atoms with Crippen LogP contribution in [-0.2, 0) is 15.9 Å². The molecule has 0 aromatic heterocycles. The van der Waals surface area contributed by atoms with Crippen molar-refractivity contribution < 1.29 is 23.8 Å². The average Bonchev–Trinajstić information content (AvgIpc) is 2.88. The summed E-state index contributed by atoms with van der Waals surface area (Å²) in [7, 11) is 0. The monoisotopic (exact) mass is 305 g/mol. The van der Waals surface area contributed by atoms with Gasteiger partial charge in [-0.05, 0) is 41.4 Å². The lowest BCUT2D eigenvalue weighted by Gasteiger charge is -2.15. The van der Waals surface area contributed by atoms with E-state index in [-0.39, 0.29) is 24.4 Å². The van der Waals surface area contributed by atoms with Gasteiger partial charge in [-0.25, -0.2) is 9.18 Å². The van der Waals surface area contributed by atoms with Gasteiger partial charge in [0, 0.05) is 0 Å². The number of fused-ring (bicyclic) bond motifs is 4. The second kappa shape index (κ2) is 4.20. The summed E-state index contributed by atoms with van der Waals surface area (Å²) in [6.45, 7) is 1.24. The molecular weight excluding hydrogens is 289 g/mol. The van der Waals surface area contributed by atoms with E-state index in [0.717, 1.165) is 24.3 Å². The van der Waals surface area contributed by atoms with E-state index in [1.807, 2.05) is 6.07 Å². The number of aliphatic hydroxyl groups is 1. The number of nitrogens with zero attached hydrogens (tertiary/aromatic N) is 1. The molecule has 22 heavy (non-hydrogen) atoms. The van der Waals surface area contributed by atoms with Crippen LogP contribution in [0.2, 0.25) is 0 Å². The van der Waals surface area contributed by atoms with E-state index >= 15 is 0 Å². The van der Waals surface area contributed by atoms with Gasteiger partial charge in [0.1, 0.15) is 11.9 Å². The molecule has 1 amide bonds. The zero-order valence-corrected chi connectivity index (χ0v) is 11.9. The Labute approximate surface area is 126 Å². The van der Waals surface area contributed by atoms with E-state index in [1.54, 1.807) is 0 Å². The number of carbonyl (C=O) groups excluding carboxylic acids is 1. The summed E-state index contributed by atoms with van der Waals surface area (Å²) in [5, 5.41) is 9.33. The Morgan fingerprint density at radius 3 is 2.82 bits per heavy atom. The van der Waals surface area contributed by atoms with E-state index < -0.39 is 12.2 Å². The van der Waals surface area contributed by atoms with Crippen LogP contribution in [0.3, 0.4) is 0 Å². The van der Waals surface area contributed by atoms with Gasteiger partial charge in [0.15, 0.2) is 0 Å². The molecule has 6 heteroatoms. The normalized spacial score (nSPS) is 37.8. The fourth-order valence-electron chi connectivity index (χ4n) is 4.42. The molecule has 5 rings (SSSR count). The Morgan fingerprint density at radius 1 is 1.32 bits per heavy atom. The van der Waals surface area contributed by atoms with Crippen molar-refractivity contribution in [3.63, 3.8) is 0 Å². The highest BCUT2D eigenvalue weighted by atomic mass is 19.1. The van der Waals surface area contributed by atoms with Crippen LogP contribution in [0, 0.1) is 17.7 Å². The molecule has 4 atom stereocenters. The lowest BCUT2D eigenvalue weighted by atomic mass is 10.00. The molecule has 116 valence electrons. The smallest absolute Gasteiger partial charge is 0.415 e. The van der Waals surface area contributed by atoms with Crippen molar-refractivity contribution in [1.29, 1.82) is 0 Å². The third kappa shape index (κ3) is 1.51. The van der Waals surface area contributed by atoms with Crippen molar-refractivity contribution in [3.05, 3.63) is 29.1 Å². The summed E-state index contributed by atoms with van der Waals surface area (Å²) in [6, 6.07) is 3.15. The number of aliphatic hydroxyl groups excluding tert-OH is 1. The lowest BCUT2D eigenvalue weighted by molar-refractivity contribution is 0.0830. The number of anilines is 1. The number of hydrogen-bond donors (Lipinski definition) is 1. The summed E-state index contributed by atoms with van der Waals surface area (Å²) in [5.74, 6) is 0.905. The summed E-state index contributed by atoms with van der Waals surface area (Å²) in [5.41, 5.74) is 2.32. The molecule has 5 nitrogen and oxygen atoms in total. The van der Waals surface area contributed by atoms with Gasteiger partial charge in [-0.15, -0.1) is 0 Å². The molecule has 1 saturated carbocycles. The van der Waals surface area contributed by atoms with E-state index in [9.17, 15) is 14.3 Å². The van der Waals surface area contributed by atoms with Crippen LogP contribution in [0.25, 0.3) is 0 Å². The topological polar surface area (TPSA) is 59.0 Å². The van der Waals surface area contributed by atoms with Crippen molar-refractivity contribution in [2.45, 2.75) is 24.5 Å². The molecule has 3 aliphatic heterocycles. The van der Waals surface area contributed by atoms with Crippen molar-refractivity contribution in [3.8, 4) is 0 Å². The second-order valence-corrected chi connectivity index (χ2v) is 6.64. The molecule has 0 spiro atoms. The predicted molar refractivity (Wildman–Crippen MR) is 74.3 cm³/mol. The molecule has 2 saturated heterocycles. The molecule has 1 aromatic rings. The fraction of sp³-hybridized carbons (Fsp3) is 0.562. The predicted octanol–water partition coefficient (Wildman–Crippen LogP) is 1.43. The minimum absolute atomic E-state index is 0.208. The number of rotatable bonds is 2. The fourth-order valence-corrected chi connectivity index (χ4v) is 4.42. The van der Waals surface area contributed by atoms with Crippen LogP contribution < -0.4 is 4.90 Å². The number of benzene rings is 1.